The fraction of sp³-hybridized carbons (Fsp3) is 0.389. The molecule has 110 valence electrons. The molecule has 0 saturated carbocycles. The fourth-order valence-electron chi connectivity index (χ4n) is 3.28. The Morgan fingerprint density at radius 1 is 1.14 bits per heavy atom. The molecule has 0 N–H and O–H groups in total. The highest BCUT2D eigenvalue weighted by Crippen LogP contribution is 2.37. The fourth-order valence-corrected chi connectivity index (χ4v) is 3.28. The molecule has 0 fully saturated rings. The topological polar surface area (TPSA) is 22.0 Å². The van der Waals surface area contributed by atoms with E-state index in [2.05, 4.69) is 13.8 Å². The smallest absolute Gasteiger partial charge is 0.165 e. The second kappa shape index (κ2) is 4.55. The van der Waals surface area contributed by atoms with Gasteiger partial charge in [-0.2, -0.15) is 0 Å². The Morgan fingerprint density at radius 3 is 2.52 bits per heavy atom. The van der Waals surface area contributed by atoms with Gasteiger partial charge in [-0.25, -0.2) is 4.39 Å². The molecule has 0 aliphatic heterocycles. The molecule has 2 aromatic rings. The summed E-state index contributed by atoms with van der Waals surface area (Å²) in [5.74, 6) is -0.0806. The molecule has 3 rings (SSSR count). The minimum atomic E-state index is -0.243. The van der Waals surface area contributed by atoms with Crippen LogP contribution in [0.5, 0.6) is 0 Å². The normalized spacial score (nSPS) is 16.9. The summed E-state index contributed by atoms with van der Waals surface area (Å²) in [7, 11) is 0. The lowest BCUT2D eigenvalue weighted by molar-refractivity contribution is 0.0911. The largest absolute Gasteiger partial charge is 0.315 e. The maximum atomic E-state index is 14.3. The number of nitrogens with zero attached hydrogens (tertiary/aromatic N) is 1. The Bertz CT molecular complexity index is 740. The van der Waals surface area contributed by atoms with Crippen molar-refractivity contribution in [3.05, 3.63) is 52.6 Å². The van der Waals surface area contributed by atoms with Gasteiger partial charge in [0.25, 0.3) is 0 Å². The zero-order chi connectivity index (χ0) is 15.4. The number of aromatic nitrogens is 1. The van der Waals surface area contributed by atoms with Gasteiger partial charge in [-0.15, -0.1) is 0 Å². The summed E-state index contributed by atoms with van der Waals surface area (Å²) in [5, 5.41) is 0. The zero-order valence-electron chi connectivity index (χ0n) is 13.0. The minimum Gasteiger partial charge on any atom is -0.315 e. The summed E-state index contributed by atoms with van der Waals surface area (Å²) in [5.41, 5.74) is 3.96. The van der Waals surface area contributed by atoms with Gasteiger partial charge in [-0.05, 0) is 49.4 Å². The van der Waals surface area contributed by atoms with Gasteiger partial charge in [0.1, 0.15) is 5.82 Å². The molecule has 0 atom stereocenters. The predicted octanol–water partition coefficient (Wildman–Crippen LogP) is 4.39. The highest BCUT2D eigenvalue weighted by molar-refractivity contribution is 5.99. The SMILES string of the molecule is Cc1ccc(-n2c(C)cc3c2CC(C)(C)CC3=O)c(F)c1. The number of fused-ring (bicyclic) bond motifs is 1. The van der Waals surface area contributed by atoms with Crippen LogP contribution in [0.4, 0.5) is 4.39 Å². The molecule has 1 aromatic heterocycles. The zero-order valence-corrected chi connectivity index (χ0v) is 13.0. The van der Waals surface area contributed by atoms with Crippen molar-refractivity contribution in [3.8, 4) is 5.69 Å². The van der Waals surface area contributed by atoms with Crippen LogP contribution in [0.15, 0.2) is 24.3 Å². The van der Waals surface area contributed by atoms with Crippen molar-refractivity contribution in [1.29, 1.82) is 0 Å². The highest BCUT2D eigenvalue weighted by Gasteiger charge is 2.34. The van der Waals surface area contributed by atoms with E-state index in [4.69, 9.17) is 0 Å². The van der Waals surface area contributed by atoms with Gasteiger partial charge in [0.05, 0.1) is 5.69 Å². The maximum Gasteiger partial charge on any atom is 0.165 e. The molecular formula is C18H20FNO. The Labute approximate surface area is 124 Å². The van der Waals surface area contributed by atoms with E-state index in [0.717, 1.165) is 28.9 Å². The summed E-state index contributed by atoms with van der Waals surface area (Å²) in [6, 6.07) is 7.13. The first-order chi connectivity index (χ1) is 9.78. The first-order valence-electron chi connectivity index (χ1n) is 7.29. The predicted molar refractivity (Wildman–Crippen MR) is 81.6 cm³/mol. The standard InChI is InChI=1S/C18H20FNO/c1-11-5-6-15(14(19)7-11)20-12(2)8-13-16(20)9-18(3,4)10-17(13)21/h5-8H,9-10H2,1-4H3. The van der Waals surface area contributed by atoms with Crippen molar-refractivity contribution in [2.45, 2.75) is 40.5 Å². The summed E-state index contributed by atoms with van der Waals surface area (Å²) >= 11 is 0. The Balaban J connectivity index is 2.23. The van der Waals surface area contributed by atoms with E-state index in [0.29, 0.717) is 12.1 Å². The van der Waals surface area contributed by atoms with Crippen molar-refractivity contribution in [3.63, 3.8) is 0 Å². The van der Waals surface area contributed by atoms with E-state index in [9.17, 15) is 9.18 Å². The molecule has 0 bridgehead atoms. The van der Waals surface area contributed by atoms with Gasteiger partial charge in [-0.3, -0.25) is 4.79 Å². The summed E-state index contributed by atoms with van der Waals surface area (Å²) < 4.78 is 16.3. The quantitative estimate of drug-likeness (QED) is 0.761. The van der Waals surface area contributed by atoms with Gasteiger partial charge in [0.15, 0.2) is 5.78 Å². The number of aryl methyl sites for hydroxylation is 2. The number of halogens is 1. The Hall–Kier alpha value is -1.90. The average molecular weight is 285 g/mol. The number of hydrogen-bond acceptors (Lipinski definition) is 1. The van der Waals surface area contributed by atoms with Crippen molar-refractivity contribution in [2.75, 3.05) is 0 Å². The molecule has 2 nitrogen and oxygen atoms in total. The highest BCUT2D eigenvalue weighted by atomic mass is 19.1. The first-order valence-corrected chi connectivity index (χ1v) is 7.29. The number of Topliss-reactive ketones (excluding diaryl/α,β-unsaturated/α-hetero) is 1. The number of carbonyl (C=O) groups excluding carboxylic acids is 1. The van der Waals surface area contributed by atoms with Gasteiger partial charge in [-0.1, -0.05) is 19.9 Å². The lowest BCUT2D eigenvalue weighted by atomic mass is 9.76. The molecule has 1 heterocycles. The van der Waals surface area contributed by atoms with Gasteiger partial charge >= 0.3 is 0 Å². The molecule has 3 heteroatoms. The lowest BCUT2D eigenvalue weighted by Gasteiger charge is -2.30. The van der Waals surface area contributed by atoms with E-state index in [1.165, 1.54) is 6.07 Å². The molecule has 1 aliphatic rings. The second-order valence-corrected chi connectivity index (χ2v) is 6.88. The number of benzene rings is 1. The second-order valence-electron chi connectivity index (χ2n) is 6.88. The molecular weight excluding hydrogens is 265 g/mol. The Morgan fingerprint density at radius 2 is 1.86 bits per heavy atom. The van der Waals surface area contributed by atoms with E-state index in [1.807, 2.05) is 30.5 Å². The molecule has 1 aromatic carbocycles. The molecule has 0 radical (unpaired) electrons. The van der Waals surface area contributed by atoms with Crippen LogP contribution in [0.25, 0.3) is 5.69 Å². The van der Waals surface area contributed by atoms with Crippen LogP contribution in [0.3, 0.4) is 0 Å². The monoisotopic (exact) mass is 285 g/mol. The third-order valence-electron chi connectivity index (χ3n) is 4.22. The van der Waals surface area contributed by atoms with Crippen molar-refractivity contribution >= 4 is 5.78 Å². The number of carbonyl (C=O) groups is 1. The third-order valence-corrected chi connectivity index (χ3v) is 4.22. The third kappa shape index (κ3) is 2.31. The lowest BCUT2D eigenvalue weighted by Crippen LogP contribution is -2.28. The Kier molecular flexibility index (Phi) is 3.05. The summed E-state index contributed by atoms with van der Waals surface area (Å²) in [6.07, 6.45) is 1.34. The van der Waals surface area contributed by atoms with Gasteiger partial charge in [0.2, 0.25) is 0 Å². The van der Waals surface area contributed by atoms with E-state index < -0.39 is 0 Å². The van der Waals surface area contributed by atoms with Crippen molar-refractivity contribution in [2.24, 2.45) is 5.41 Å². The molecule has 0 unspecified atom stereocenters. The number of hydrogen-bond donors (Lipinski definition) is 0. The molecule has 0 amide bonds. The molecule has 1 aliphatic carbocycles. The molecule has 21 heavy (non-hydrogen) atoms. The van der Waals surface area contributed by atoms with E-state index in [1.54, 1.807) is 6.07 Å². The van der Waals surface area contributed by atoms with Crippen LogP contribution < -0.4 is 0 Å². The molecule has 0 spiro atoms. The van der Waals surface area contributed by atoms with Crippen molar-refractivity contribution in [1.82, 2.24) is 4.57 Å². The summed E-state index contributed by atoms with van der Waals surface area (Å²) in [6.45, 7) is 7.98. The number of ketones is 1. The molecule has 0 saturated heterocycles. The maximum absolute atomic E-state index is 14.3. The van der Waals surface area contributed by atoms with Crippen LogP contribution in [0, 0.1) is 25.1 Å². The van der Waals surface area contributed by atoms with Crippen LogP contribution >= 0.6 is 0 Å². The van der Waals surface area contributed by atoms with Crippen LogP contribution in [-0.4, -0.2) is 10.4 Å². The van der Waals surface area contributed by atoms with Gasteiger partial charge < -0.3 is 4.57 Å². The number of rotatable bonds is 1. The van der Waals surface area contributed by atoms with Crippen LogP contribution in [0.1, 0.15) is 47.6 Å². The van der Waals surface area contributed by atoms with Crippen LogP contribution in [-0.2, 0) is 6.42 Å². The van der Waals surface area contributed by atoms with E-state index >= 15 is 0 Å². The van der Waals surface area contributed by atoms with Crippen molar-refractivity contribution < 1.29 is 9.18 Å². The average Bonchev–Trinajstić information content (AvgIpc) is 2.65. The first kappa shape index (κ1) is 14.1. The minimum absolute atomic E-state index is 0.0756. The van der Waals surface area contributed by atoms with Gasteiger partial charge in [0, 0.05) is 23.4 Å². The van der Waals surface area contributed by atoms with Crippen LogP contribution in [0.2, 0.25) is 0 Å². The van der Waals surface area contributed by atoms with E-state index in [-0.39, 0.29) is 17.0 Å². The summed E-state index contributed by atoms with van der Waals surface area (Å²) in [4.78, 5) is 12.3.